The Bertz CT molecular complexity index is 3530. The highest BCUT2D eigenvalue weighted by atomic mass is 16.6. The average molecular weight is 1920 g/mol. The van der Waals surface area contributed by atoms with Crippen LogP contribution in [-0.2, 0) is 38.1 Å². The average Bonchev–Trinajstić information content (AvgIpc) is 1.62. The van der Waals surface area contributed by atoms with Crippen molar-refractivity contribution in [3.63, 3.8) is 0 Å². The van der Waals surface area contributed by atoms with Crippen molar-refractivity contribution in [3.8, 4) is 0 Å². The van der Waals surface area contributed by atoms with Crippen LogP contribution in [0.3, 0.4) is 0 Å². The highest BCUT2D eigenvalue weighted by Gasteiger charge is 2.52. The zero-order chi connectivity index (χ0) is 100. The van der Waals surface area contributed by atoms with E-state index in [-0.39, 0.29) is 42.2 Å². The van der Waals surface area contributed by atoms with Crippen molar-refractivity contribution in [1.82, 2.24) is 0 Å². The van der Waals surface area contributed by atoms with E-state index >= 15 is 0 Å². The molecule has 0 aromatic carbocycles. The number of unbranched alkanes of at least 4 members (excludes halogenated alkanes) is 32. The second-order valence-electron chi connectivity index (χ2n) is 45.5. The molecule has 6 rings (SSSR count). The number of aliphatic hydroxyl groups is 4. The van der Waals surface area contributed by atoms with Crippen LogP contribution in [-0.4, -0.2) is 92.1 Å². The van der Waals surface area contributed by atoms with Gasteiger partial charge >= 0.3 is 23.9 Å². The summed E-state index contributed by atoms with van der Waals surface area (Å²) >= 11 is 0. The summed E-state index contributed by atoms with van der Waals surface area (Å²) in [6.07, 6.45) is 108. The van der Waals surface area contributed by atoms with Gasteiger partial charge in [0.1, 0.15) is 24.4 Å². The van der Waals surface area contributed by atoms with Crippen molar-refractivity contribution in [3.05, 3.63) is 144 Å². The van der Waals surface area contributed by atoms with Crippen LogP contribution in [0.25, 0.3) is 0 Å². The molecule has 6 aliphatic carbocycles. The van der Waals surface area contributed by atoms with Crippen LogP contribution >= 0.6 is 0 Å². The van der Waals surface area contributed by atoms with Crippen LogP contribution < -0.4 is 0 Å². The lowest BCUT2D eigenvalue weighted by Crippen LogP contribution is -2.36. The second kappa shape index (κ2) is 73.6. The highest BCUT2D eigenvalue weighted by molar-refractivity contribution is 5.71. The smallest absolute Gasteiger partial charge is 0.306 e. The van der Waals surface area contributed by atoms with Crippen molar-refractivity contribution < 1.29 is 58.6 Å². The minimum absolute atomic E-state index is 0.0194. The Morgan fingerprint density at radius 3 is 1.12 bits per heavy atom. The molecule has 14 atom stereocenters. The maximum absolute atomic E-state index is 13.0. The Hall–Kier alpha value is -5.40. The van der Waals surface area contributed by atoms with Gasteiger partial charge in [0.25, 0.3) is 0 Å². The molecule has 0 unspecified atom stereocenters. The first-order valence-electron chi connectivity index (χ1n) is 58.2. The lowest BCUT2D eigenvalue weighted by atomic mass is 9.60. The monoisotopic (exact) mass is 1920 g/mol. The molecule has 0 radical (unpaired) electrons. The third-order valence-electron chi connectivity index (χ3n) is 32.1. The zero-order valence-electron chi connectivity index (χ0n) is 91.1. The van der Waals surface area contributed by atoms with Gasteiger partial charge in [-0.05, 0) is 321 Å². The fraction of sp³-hybridized carbons (Fsp3) is 0.778. The quantitative estimate of drug-likeness (QED) is 0.0196. The van der Waals surface area contributed by atoms with E-state index in [1.54, 1.807) is 0 Å². The molecule has 6 saturated carbocycles. The third kappa shape index (κ3) is 53.4. The first-order chi connectivity index (χ1) is 66.5. The molecule has 0 aliphatic heterocycles. The summed E-state index contributed by atoms with van der Waals surface area (Å²) in [6, 6.07) is 0. The molecular formula is C126H212O12. The van der Waals surface area contributed by atoms with Gasteiger partial charge in [-0.15, -0.1) is 0 Å². The third-order valence-corrected chi connectivity index (χ3v) is 32.1. The molecule has 0 bridgehead atoms. The van der Waals surface area contributed by atoms with Gasteiger partial charge in [0, 0.05) is 57.8 Å². The van der Waals surface area contributed by atoms with Crippen LogP contribution in [0.2, 0.25) is 0 Å². The summed E-state index contributed by atoms with van der Waals surface area (Å²) in [6.45, 7) is 35.2. The molecular weight excluding hydrogens is 1710 g/mol. The van der Waals surface area contributed by atoms with Gasteiger partial charge in [-0.2, -0.15) is 0 Å². The summed E-state index contributed by atoms with van der Waals surface area (Å²) in [4.78, 5) is 51.5. The maximum atomic E-state index is 13.0. The zero-order valence-corrected chi connectivity index (χ0v) is 91.1. The molecule has 0 saturated heterocycles. The van der Waals surface area contributed by atoms with Gasteiger partial charge in [-0.1, -0.05) is 344 Å². The summed E-state index contributed by atoms with van der Waals surface area (Å²) in [5.41, 5.74) is 6.16. The Morgan fingerprint density at radius 1 is 0.391 bits per heavy atom. The minimum Gasteiger partial charge on any atom is -0.462 e. The Balaban J connectivity index is 0.000000487. The van der Waals surface area contributed by atoms with E-state index in [1.807, 2.05) is 27.7 Å². The number of carbonyl (C=O) groups is 4. The van der Waals surface area contributed by atoms with E-state index in [9.17, 15) is 39.6 Å². The van der Waals surface area contributed by atoms with Crippen LogP contribution in [0.1, 0.15) is 533 Å². The van der Waals surface area contributed by atoms with Crippen molar-refractivity contribution in [2.75, 3.05) is 0 Å². The molecule has 0 heterocycles. The number of hydrogen-bond acceptors (Lipinski definition) is 12. The molecule has 12 heteroatoms. The van der Waals surface area contributed by atoms with Crippen molar-refractivity contribution >= 4 is 23.9 Å². The van der Waals surface area contributed by atoms with Crippen LogP contribution in [0.15, 0.2) is 144 Å². The maximum Gasteiger partial charge on any atom is 0.306 e. The molecule has 12 nitrogen and oxygen atoms in total. The van der Waals surface area contributed by atoms with Gasteiger partial charge in [0.05, 0.1) is 23.4 Å². The fourth-order valence-electron chi connectivity index (χ4n) is 23.7. The summed E-state index contributed by atoms with van der Waals surface area (Å²) in [5.74, 6) is 3.50. The predicted octanol–water partition coefficient (Wildman–Crippen LogP) is 35.3. The Kier molecular flexibility index (Phi) is 65.7. The van der Waals surface area contributed by atoms with E-state index < -0.39 is 29.5 Å². The van der Waals surface area contributed by atoms with Gasteiger partial charge in [0.2, 0.25) is 0 Å². The fourth-order valence-corrected chi connectivity index (χ4v) is 23.7. The van der Waals surface area contributed by atoms with E-state index in [0.29, 0.717) is 97.7 Å². The van der Waals surface area contributed by atoms with E-state index in [4.69, 9.17) is 18.9 Å². The SMILES string of the molecule is C=C1/C(=C\C=C2/CCC[C@]3(C)[C@@H]([C@H](C)CCCC(C)(C)O)CC[C@@H]23)C[C@@H](O)C[C@@H]1OC(=O)CCCCCCC/C=C\C[C@@H](CCCCCC)OC(=O)CCCCCCC/C=C\C/C=C\CCCCC.C=C1/C(=C\C=C2/CCC[C@]3(C)[C@@H]([C@H](C)CCCC(C)(C)O)CC[C@@H]23)C[C@@H](OC(=O)CCCCCCC/C=C\C[C@@H](CCCCCC)OC(=O)CCCCCCC/C=C\C/C=C\CCCCC)C[C@@H]1O. The second-order valence-corrected chi connectivity index (χ2v) is 45.5. The summed E-state index contributed by atoms with van der Waals surface area (Å²) in [5, 5.41) is 42.3. The van der Waals surface area contributed by atoms with Crippen molar-refractivity contribution in [2.24, 2.45) is 46.3 Å². The number of hydrogen-bond donors (Lipinski definition) is 4. The van der Waals surface area contributed by atoms with Crippen LogP contribution in [0, 0.1) is 46.3 Å². The number of aliphatic hydroxyl groups excluding tert-OH is 2. The number of esters is 4. The number of carbonyl (C=O) groups excluding carboxylic acids is 4. The Labute approximate surface area is 847 Å². The van der Waals surface area contributed by atoms with Crippen molar-refractivity contribution in [1.29, 1.82) is 0 Å². The number of rotatable bonds is 74. The molecule has 4 N–H and O–H groups in total. The summed E-state index contributed by atoms with van der Waals surface area (Å²) < 4.78 is 23.9. The standard InChI is InChI=1S/2C63H106O6/c1-8-10-12-14-15-16-17-18-19-20-21-22-26-29-33-41-60(65)68-56(39-31-13-11-9-2)40-32-28-25-23-24-27-30-34-42-61(66)69-59-50-55(64)49-54(52(59)4)44-43-53-38-36-48-63(7)57(45-46-58(53)63)51(3)37-35-47-62(5,6)67;1-8-10-12-14-15-16-17-18-19-20-21-22-26-29-33-41-60(65)68-55(39-31-13-11-9-2)40-32-28-25-23-24-27-30-34-42-61(66)69-56-49-54(52(4)59(64)50-56)44-43-53-38-36-48-63(7)57(45-46-58(53)63)51(3)37-35-47-62(5,6)67/h2*15-16,18-19,28,32,43-44,51,55-59,64,67H,4,8-14,17,20-27,29-31,33-42,45-50H2,1-3,5-7H3/b2*16-15-,19-18-,32-28-,53-43+,54-44-/t2*51-,55-,56-,57-,58+,59+,63-/m11/s1. The van der Waals surface area contributed by atoms with Crippen LogP contribution in [0.5, 0.6) is 0 Å². The van der Waals surface area contributed by atoms with Gasteiger partial charge in [0.15, 0.2) is 0 Å². The van der Waals surface area contributed by atoms with Crippen molar-refractivity contribution in [2.45, 2.75) is 580 Å². The summed E-state index contributed by atoms with van der Waals surface area (Å²) in [7, 11) is 0. The molecule has 0 aromatic heterocycles. The molecule has 138 heavy (non-hydrogen) atoms. The predicted molar refractivity (Wildman–Crippen MR) is 584 cm³/mol. The highest BCUT2D eigenvalue weighted by Crippen LogP contribution is 2.62. The number of allylic oxidation sites excluding steroid dienone is 16. The lowest BCUT2D eigenvalue weighted by Gasteiger charge is -2.44. The Morgan fingerprint density at radius 2 is 0.732 bits per heavy atom. The van der Waals surface area contributed by atoms with E-state index in [1.165, 1.54) is 204 Å². The van der Waals surface area contributed by atoms with Gasteiger partial charge in [-0.25, -0.2) is 0 Å². The lowest BCUT2D eigenvalue weighted by molar-refractivity contribution is -0.151. The topological polar surface area (TPSA) is 186 Å². The molecule has 6 aliphatic rings. The first kappa shape index (κ1) is 123. The largest absolute Gasteiger partial charge is 0.462 e. The van der Waals surface area contributed by atoms with Gasteiger partial charge in [-0.3, -0.25) is 19.2 Å². The minimum atomic E-state index is -0.690. The molecule has 6 fully saturated rings. The van der Waals surface area contributed by atoms with Crippen LogP contribution in [0.4, 0.5) is 0 Å². The number of fused-ring (bicyclic) bond motifs is 2. The molecule has 788 valence electrons. The number of ether oxygens (including phenoxy) is 4. The van der Waals surface area contributed by atoms with E-state index in [0.717, 1.165) is 228 Å². The molecule has 0 spiro atoms. The normalized spacial score (nSPS) is 24.3. The molecule has 0 aromatic rings. The van der Waals surface area contributed by atoms with Gasteiger partial charge < -0.3 is 39.4 Å². The first-order valence-corrected chi connectivity index (χ1v) is 58.2. The van der Waals surface area contributed by atoms with E-state index in [2.05, 4.69) is 166 Å². The molecule has 0 amide bonds.